The molecule has 0 atom stereocenters. The van der Waals surface area contributed by atoms with Crippen LogP contribution in [-0.4, -0.2) is 34.5 Å². The van der Waals surface area contributed by atoms with Crippen LogP contribution in [0.15, 0.2) is 0 Å². The van der Waals surface area contributed by atoms with E-state index >= 15 is 0 Å². The van der Waals surface area contributed by atoms with Crippen molar-refractivity contribution in [1.82, 2.24) is 0 Å². The maximum atomic E-state index is 11.1. The third kappa shape index (κ3) is 4.50. The number of hydrogen-bond acceptors (Lipinski definition) is 5. The van der Waals surface area contributed by atoms with Gasteiger partial charge < -0.3 is 4.74 Å². The van der Waals surface area contributed by atoms with Gasteiger partial charge in [0.05, 0.1) is 13.2 Å². The zero-order chi connectivity index (χ0) is 8.74. The van der Waals surface area contributed by atoms with Crippen molar-refractivity contribution in [3.8, 4) is 0 Å². The summed E-state index contributed by atoms with van der Waals surface area (Å²) in [6.07, 6.45) is 0. The Labute approximate surface area is 66.2 Å². The average molecular weight is 184 g/mol. The Morgan fingerprint density at radius 1 is 1.09 bits per heavy atom. The van der Waals surface area contributed by atoms with Crippen LogP contribution in [0.3, 0.4) is 0 Å². The fourth-order valence-electron chi connectivity index (χ4n) is 0.412. The summed E-state index contributed by atoms with van der Waals surface area (Å²) in [6, 6.07) is 0. The van der Waals surface area contributed by atoms with Crippen LogP contribution in [0.4, 0.5) is 0 Å². The summed E-state index contributed by atoms with van der Waals surface area (Å²) in [4.78, 5) is 0. The molecule has 0 aliphatic rings. The number of methoxy groups -OCH3 is 1. The maximum absolute atomic E-state index is 11.1. The molecule has 0 aromatic carbocycles. The summed E-state index contributed by atoms with van der Waals surface area (Å²) in [5.41, 5.74) is 0. The molecule has 6 heteroatoms. The molecule has 0 spiro atoms. The number of phosphoric ester groups is 1. The van der Waals surface area contributed by atoms with Crippen molar-refractivity contribution in [2.75, 3.05) is 34.5 Å². The van der Waals surface area contributed by atoms with Crippen LogP contribution in [0.2, 0.25) is 0 Å². The maximum Gasteiger partial charge on any atom is 0.474 e. The van der Waals surface area contributed by atoms with E-state index in [4.69, 9.17) is 4.52 Å². The lowest BCUT2D eigenvalue weighted by Crippen LogP contribution is -2.02. The monoisotopic (exact) mass is 184 g/mol. The molecule has 0 N–H and O–H groups in total. The summed E-state index contributed by atoms with van der Waals surface area (Å²) >= 11 is 0. The Bertz CT molecular complexity index is 129. The molecular weight excluding hydrogens is 171 g/mol. The van der Waals surface area contributed by atoms with Crippen LogP contribution >= 0.6 is 7.82 Å². The topological polar surface area (TPSA) is 54.0 Å². The second-order valence-electron chi connectivity index (χ2n) is 1.64. The molecule has 0 aromatic rings. The second kappa shape index (κ2) is 5.69. The zero-order valence-electron chi connectivity index (χ0n) is 6.90. The van der Waals surface area contributed by atoms with Crippen molar-refractivity contribution < 1.29 is 22.9 Å². The van der Waals surface area contributed by atoms with Crippen molar-refractivity contribution in [1.29, 1.82) is 0 Å². The van der Waals surface area contributed by atoms with Crippen LogP contribution in [-0.2, 0) is 22.9 Å². The number of phosphoric acid groups is 1. The minimum Gasteiger partial charge on any atom is -0.382 e. The van der Waals surface area contributed by atoms with E-state index in [1.165, 1.54) is 21.3 Å². The van der Waals surface area contributed by atoms with Crippen LogP contribution in [0.25, 0.3) is 0 Å². The van der Waals surface area contributed by atoms with Gasteiger partial charge in [-0.25, -0.2) is 4.57 Å². The molecule has 0 fully saturated rings. The van der Waals surface area contributed by atoms with Gasteiger partial charge in [-0.2, -0.15) is 0 Å². The molecule has 11 heavy (non-hydrogen) atoms. The second-order valence-corrected chi connectivity index (χ2v) is 3.52. The van der Waals surface area contributed by atoms with Crippen molar-refractivity contribution in [2.24, 2.45) is 0 Å². The van der Waals surface area contributed by atoms with E-state index in [9.17, 15) is 4.57 Å². The summed E-state index contributed by atoms with van der Waals surface area (Å²) in [6.45, 7) is 0.548. The van der Waals surface area contributed by atoms with Gasteiger partial charge in [-0.05, 0) is 0 Å². The normalized spacial score (nSPS) is 11.9. The first-order valence-electron chi connectivity index (χ1n) is 3.03. The molecule has 0 rings (SSSR count). The number of ether oxygens (including phenoxy) is 1. The first kappa shape index (κ1) is 11.1. The van der Waals surface area contributed by atoms with Gasteiger partial charge >= 0.3 is 7.82 Å². The van der Waals surface area contributed by atoms with E-state index in [2.05, 4.69) is 13.8 Å². The predicted octanol–water partition coefficient (Wildman–Crippen LogP) is 1.05. The molecule has 0 saturated carbocycles. The summed E-state index contributed by atoms with van der Waals surface area (Å²) in [7, 11) is 0.753. The van der Waals surface area contributed by atoms with Crippen LogP contribution in [0, 0.1) is 0 Å². The quantitative estimate of drug-likeness (QED) is 0.456. The molecule has 0 saturated heterocycles. The van der Waals surface area contributed by atoms with Crippen molar-refractivity contribution in [3.63, 3.8) is 0 Å². The molecule has 0 bridgehead atoms. The van der Waals surface area contributed by atoms with Crippen molar-refractivity contribution in [2.45, 2.75) is 0 Å². The Morgan fingerprint density at radius 3 is 2.00 bits per heavy atom. The molecule has 0 amide bonds. The lowest BCUT2D eigenvalue weighted by atomic mass is 10.8. The van der Waals surface area contributed by atoms with Gasteiger partial charge in [-0.3, -0.25) is 13.6 Å². The highest BCUT2D eigenvalue weighted by Gasteiger charge is 2.21. The number of rotatable bonds is 6. The number of hydrogen-bond donors (Lipinski definition) is 0. The van der Waals surface area contributed by atoms with Gasteiger partial charge in [0, 0.05) is 21.3 Å². The van der Waals surface area contributed by atoms with Gasteiger partial charge in [-0.15, -0.1) is 0 Å². The molecule has 5 nitrogen and oxygen atoms in total. The van der Waals surface area contributed by atoms with Gasteiger partial charge in [0.1, 0.15) is 0 Å². The van der Waals surface area contributed by atoms with Crippen LogP contribution in [0.5, 0.6) is 0 Å². The first-order chi connectivity index (χ1) is 5.18. The smallest absolute Gasteiger partial charge is 0.382 e. The molecule has 0 aromatic heterocycles. The highest BCUT2D eigenvalue weighted by Crippen LogP contribution is 2.47. The van der Waals surface area contributed by atoms with Gasteiger partial charge in [0.25, 0.3) is 0 Å². The van der Waals surface area contributed by atoms with Crippen LogP contribution in [0.1, 0.15) is 0 Å². The molecule has 0 radical (unpaired) electrons. The van der Waals surface area contributed by atoms with E-state index in [1.807, 2.05) is 0 Å². The molecule has 0 heterocycles. The fraction of sp³-hybridized carbons (Fsp3) is 1.00. The lowest BCUT2D eigenvalue weighted by Gasteiger charge is -2.12. The predicted molar refractivity (Wildman–Crippen MR) is 39.5 cm³/mol. The van der Waals surface area contributed by atoms with Gasteiger partial charge in [0.15, 0.2) is 0 Å². The average Bonchev–Trinajstić information content (AvgIpc) is 2.05. The molecule has 68 valence electrons. The lowest BCUT2D eigenvalue weighted by molar-refractivity contribution is 0.103. The largest absolute Gasteiger partial charge is 0.474 e. The molecule has 0 aliphatic carbocycles. The highest BCUT2D eigenvalue weighted by molar-refractivity contribution is 7.48. The Kier molecular flexibility index (Phi) is 5.72. The highest BCUT2D eigenvalue weighted by atomic mass is 31.2. The van der Waals surface area contributed by atoms with E-state index in [1.54, 1.807) is 0 Å². The minimum absolute atomic E-state index is 0.190. The van der Waals surface area contributed by atoms with Gasteiger partial charge in [-0.1, -0.05) is 0 Å². The first-order valence-corrected chi connectivity index (χ1v) is 4.49. The minimum atomic E-state index is -3.29. The van der Waals surface area contributed by atoms with Gasteiger partial charge in [0.2, 0.25) is 0 Å². The van der Waals surface area contributed by atoms with E-state index in [0.29, 0.717) is 6.61 Å². The standard InChI is InChI=1S/C5H13O5P/c1-7-4-5-10-11(6,8-2)9-3/h4-5H2,1-3H3. The fourth-order valence-corrected chi connectivity index (χ4v) is 1.07. The van der Waals surface area contributed by atoms with Crippen LogP contribution < -0.4 is 0 Å². The Morgan fingerprint density at radius 2 is 1.64 bits per heavy atom. The third-order valence-corrected chi connectivity index (χ3v) is 2.38. The Hall–Kier alpha value is 0.0700. The van der Waals surface area contributed by atoms with E-state index in [0.717, 1.165) is 0 Å². The van der Waals surface area contributed by atoms with E-state index in [-0.39, 0.29) is 6.61 Å². The molecular formula is C5H13O5P. The molecule has 0 unspecified atom stereocenters. The SMILES string of the molecule is COCCOP(=O)(OC)OC. The summed E-state index contributed by atoms with van der Waals surface area (Å²) in [5, 5.41) is 0. The van der Waals surface area contributed by atoms with Crippen molar-refractivity contribution >= 4 is 7.82 Å². The third-order valence-electron chi connectivity index (χ3n) is 0.984. The summed E-state index contributed by atoms with van der Waals surface area (Å²) in [5.74, 6) is 0. The van der Waals surface area contributed by atoms with Crippen molar-refractivity contribution in [3.05, 3.63) is 0 Å². The molecule has 0 aliphatic heterocycles. The zero-order valence-corrected chi connectivity index (χ0v) is 7.80. The summed E-state index contributed by atoms with van der Waals surface area (Å²) < 4.78 is 29.5. The van der Waals surface area contributed by atoms with E-state index < -0.39 is 7.82 Å². The Balaban J connectivity index is 3.61.